The topological polar surface area (TPSA) is 17.8 Å². The Morgan fingerprint density at radius 2 is 1.73 bits per heavy atom. The van der Waals surface area contributed by atoms with E-state index in [0.717, 1.165) is 27.5 Å². The van der Waals surface area contributed by atoms with Gasteiger partial charge in [0.15, 0.2) is 0 Å². The summed E-state index contributed by atoms with van der Waals surface area (Å²) in [5.41, 5.74) is 5.12. The molecule has 2 aromatic carbocycles. The lowest BCUT2D eigenvalue weighted by Crippen LogP contribution is -2.00. The number of nitrogens with zero attached hydrogens (tertiary/aromatic N) is 2. The summed E-state index contributed by atoms with van der Waals surface area (Å²) in [4.78, 5) is 4.54. The average molecular weight is 327 g/mol. The molecule has 1 aromatic heterocycles. The molecule has 0 amide bonds. The maximum absolute atomic E-state index is 6.19. The van der Waals surface area contributed by atoms with Crippen molar-refractivity contribution in [1.82, 2.24) is 9.55 Å². The normalized spacial score (nSPS) is 10.7. The SMILES string of the molecule is Cc1ccc(-c2ccn(-c3ccc(C)c(Cl)c3)c(=S)n2)cc1. The second-order valence-corrected chi connectivity index (χ2v) is 6.04. The van der Waals surface area contributed by atoms with Gasteiger partial charge in [0.1, 0.15) is 0 Å². The molecule has 4 heteroatoms. The maximum Gasteiger partial charge on any atom is 0.204 e. The first-order chi connectivity index (χ1) is 10.5. The van der Waals surface area contributed by atoms with Crippen molar-refractivity contribution in [2.24, 2.45) is 0 Å². The van der Waals surface area contributed by atoms with E-state index < -0.39 is 0 Å². The molecular formula is C18H15ClN2S. The molecule has 0 unspecified atom stereocenters. The highest BCUT2D eigenvalue weighted by atomic mass is 35.5. The van der Waals surface area contributed by atoms with E-state index in [1.54, 1.807) is 0 Å². The van der Waals surface area contributed by atoms with Crippen molar-refractivity contribution in [1.29, 1.82) is 0 Å². The van der Waals surface area contributed by atoms with Gasteiger partial charge in [0.25, 0.3) is 0 Å². The van der Waals surface area contributed by atoms with Crippen LogP contribution in [0.15, 0.2) is 54.7 Å². The quantitative estimate of drug-likeness (QED) is 0.575. The molecule has 0 aliphatic rings. The van der Waals surface area contributed by atoms with Crippen LogP contribution in [0.25, 0.3) is 16.9 Å². The van der Waals surface area contributed by atoms with Crippen LogP contribution in [0.3, 0.4) is 0 Å². The first-order valence-corrected chi connectivity index (χ1v) is 7.76. The molecule has 0 aliphatic carbocycles. The van der Waals surface area contributed by atoms with Crippen molar-refractivity contribution in [3.63, 3.8) is 0 Å². The molecular weight excluding hydrogens is 312 g/mol. The second kappa shape index (κ2) is 6.03. The van der Waals surface area contributed by atoms with Gasteiger partial charge >= 0.3 is 0 Å². The average Bonchev–Trinajstić information content (AvgIpc) is 2.51. The maximum atomic E-state index is 6.19. The number of rotatable bonds is 2. The van der Waals surface area contributed by atoms with Gasteiger partial charge in [0, 0.05) is 22.5 Å². The Hall–Kier alpha value is -1.97. The highest BCUT2D eigenvalue weighted by Crippen LogP contribution is 2.21. The molecule has 2 nitrogen and oxygen atoms in total. The summed E-state index contributed by atoms with van der Waals surface area (Å²) < 4.78 is 2.37. The van der Waals surface area contributed by atoms with Crippen LogP contribution in [-0.4, -0.2) is 9.55 Å². The molecule has 0 fully saturated rings. The van der Waals surface area contributed by atoms with E-state index in [0.29, 0.717) is 4.77 Å². The Bertz CT molecular complexity index is 882. The van der Waals surface area contributed by atoms with Crippen LogP contribution in [0.5, 0.6) is 0 Å². The van der Waals surface area contributed by atoms with E-state index in [4.69, 9.17) is 23.8 Å². The van der Waals surface area contributed by atoms with Gasteiger partial charge in [-0.05, 0) is 49.8 Å². The minimum Gasteiger partial charge on any atom is -0.293 e. The summed E-state index contributed by atoms with van der Waals surface area (Å²) >= 11 is 11.6. The van der Waals surface area contributed by atoms with E-state index in [2.05, 4.69) is 36.2 Å². The molecule has 0 spiro atoms. The van der Waals surface area contributed by atoms with Gasteiger partial charge in [-0.15, -0.1) is 0 Å². The highest BCUT2D eigenvalue weighted by molar-refractivity contribution is 7.71. The molecule has 22 heavy (non-hydrogen) atoms. The lowest BCUT2D eigenvalue weighted by molar-refractivity contribution is 0.959. The van der Waals surface area contributed by atoms with Crippen LogP contribution in [0.2, 0.25) is 5.02 Å². The molecule has 0 aliphatic heterocycles. The number of hydrogen-bond acceptors (Lipinski definition) is 2. The van der Waals surface area contributed by atoms with Crippen LogP contribution < -0.4 is 0 Å². The molecule has 0 radical (unpaired) electrons. The van der Waals surface area contributed by atoms with E-state index in [-0.39, 0.29) is 0 Å². The van der Waals surface area contributed by atoms with Crippen molar-refractivity contribution < 1.29 is 0 Å². The Morgan fingerprint density at radius 1 is 1.00 bits per heavy atom. The van der Waals surface area contributed by atoms with E-state index in [1.165, 1.54) is 5.56 Å². The lowest BCUT2D eigenvalue weighted by atomic mass is 10.1. The molecule has 0 atom stereocenters. The van der Waals surface area contributed by atoms with Gasteiger partial charge in [0.2, 0.25) is 4.77 Å². The number of aromatic nitrogens is 2. The molecule has 110 valence electrons. The minimum absolute atomic E-state index is 0.512. The number of aryl methyl sites for hydroxylation is 2. The van der Waals surface area contributed by atoms with E-state index >= 15 is 0 Å². The fraction of sp³-hybridized carbons (Fsp3) is 0.111. The Balaban J connectivity index is 2.04. The van der Waals surface area contributed by atoms with Crippen LogP contribution in [0.4, 0.5) is 0 Å². The Morgan fingerprint density at radius 3 is 2.36 bits per heavy atom. The molecule has 0 N–H and O–H groups in total. The molecule has 1 heterocycles. The zero-order valence-electron chi connectivity index (χ0n) is 12.4. The van der Waals surface area contributed by atoms with Crippen molar-refractivity contribution in [2.75, 3.05) is 0 Å². The van der Waals surface area contributed by atoms with E-state index in [9.17, 15) is 0 Å². The molecule has 3 aromatic rings. The highest BCUT2D eigenvalue weighted by Gasteiger charge is 2.04. The van der Waals surface area contributed by atoms with Gasteiger partial charge < -0.3 is 0 Å². The third kappa shape index (κ3) is 2.96. The van der Waals surface area contributed by atoms with Crippen LogP contribution in [-0.2, 0) is 0 Å². The predicted molar refractivity (Wildman–Crippen MR) is 94.3 cm³/mol. The fourth-order valence-electron chi connectivity index (χ4n) is 2.22. The van der Waals surface area contributed by atoms with Gasteiger partial charge in [-0.2, -0.15) is 0 Å². The second-order valence-electron chi connectivity index (χ2n) is 5.26. The summed E-state index contributed by atoms with van der Waals surface area (Å²) in [6.07, 6.45) is 1.94. The van der Waals surface area contributed by atoms with Gasteiger partial charge in [-0.3, -0.25) is 4.57 Å². The third-order valence-corrected chi connectivity index (χ3v) is 4.28. The van der Waals surface area contributed by atoms with Crippen molar-refractivity contribution in [3.05, 3.63) is 75.6 Å². The minimum atomic E-state index is 0.512. The molecule has 3 rings (SSSR count). The zero-order valence-corrected chi connectivity index (χ0v) is 13.9. The first kappa shape index (κ1) is 14.9. The number of benzene rings is 2. The Kier molecular flexibility index (Phi) is 4.10. The van der Waals surface area contributed by atoms with E-state index in [1.807, 2.05) is 42.0 Å². The molecule has 0 saturated heterocycles. The first-order valence-electron chi connectivity index (χ1n) is 6.98. The standard InChI is InChI=1S/C18H15ClN2S/c1-12-3-6-14(7-4-12)17-9-10-21(18(22)20-17)15-8-5-13(2)16(19)11-15/h3-11H,1-2H3. The molecule has 0 saturated carbocycles. The Labute approximate surface area is 140 Å². The number of hydrogen-bond donors (Lipinski definition) is 0. The summed E-state index contributed by atoms with van der Waals surface area (Å²) in [5.74, 6) is 0. The van der Waals surface area contributed by atoms with Crippen molar-refractivity contribution >= 4 is 23.8 Å². The summed E-state index contributed by atoms with van der Waals surface area (Å²) in [6, 6.07) is 16.1. The zero-order chi connectivity index (χ0) is 15.7. The fourth-order valence-corrected chi connectivity index (χ4v) is 2.66. The lowest BCUT2D eigenvalue weighted by Gasteiger charge is -2.09. The van der Waals surface area contributed by atoms with Crippen molar-refractivity contribution in [2.45, 2.75) is 13.8 Å². The van der Waals surface area contributed by atoms with Crippen molar-refractivity contribution in [3.8, 4) is 16.9 Å². The van der Waals surface area contributed by atoms with Gasteiger partial charge in [-0.1, -0.05) is 47.5 Å². The summed E-state index contributed by atoms with van der Waals surface area (Å²) in [6.45, 7) is 4.04. The number of halogens is 1. The van der Waals surface area contributed by atoms with Gasteiger partial charge in [-0.25, -0.2) is 4.98 Å². The largest absolute Gasteiger partial charge is 0.293 e. The smallest absolute Gasteiger partial charge is 0.204 e. The summed E-state index contributed by atoms with van der Waals surface area (Å²) in [5, 5.41) is 0.724. The third-order valence-electron chi connectivity index (χ3n) is 3.58. The van der Waals surface area contributed by atoms with Crippen LogP contribution in [0, 0.1) is 18.6 Å². The van der Waals surface area contributed by atoms with Gasteiger partial charge in [0.05, 0.1) is 5.69 Å². The predicted octanol–water partition coefficient (Wildman–Crippen LogP) is 5.54. The van der Waals surface area contributed by atoms with Crippen LogP contribution >= 0.6 is 23.8 Å². The monoisotopic (exact) mass is 326 g/mol. The van der Waals surface area contributed by atoms with Crippen LogP contribution in [0.1, 0.15) is 11.1 Å². The summed E-state index contributed by atoms with van der Waals surface area (Å²) in [7, 11) is 0. The molecule has 0 bridgehead atoms.